The van der Waals surface area contributed by atoms with Gasteiger partial charge in [-0.25, -0.2) is 0 Å². The maximum absolute atomic E-state index is 6.36. The Balaban J connectivity index is 0.00000162. The van der Waals surface area contributed by atoms with Gasteiger partial charge in [-0.1, -0.05) is 83.9 Å². The molecule has 0 fully saturated rings. The number of hydrogen-bond acceptors (Lipinski definition) is 0. The van der Waals surface area contributed by atoms with E-state index in [0.29, 0.717) is 0 Å². The first-order chi connectivity index (χ1) is 8.09. The van der Waals surface area contributed by atoms with Crippen molar-refractivity contribution < 1.29 is 16.5 Å². The Kier molecular flexibility index (Phi) is 6.15. The van der Waals surface area contributed by atoms with Crippen LogP contribution in [0.5, 0.6) is 0 Å². The van der Waals surface area contributed by atoms with Crippen LogP contribution in [0.1, 0.15) is 6.92 Å². The third-order valence-corrected chi connectivity index (χ3v) is 5.85. The molecule has 0 saturated heterocycles. The van der Waals surface area contributed by atoms with E-state index >= 15 is 0 Å². The number of benzene rings is 2. The average molecular weight is 342 g/mol. The molecule has 0 unspecified atom stereocenters. The van der Waals surface area contributed by atoms with Gasteiger partial charge in [-0.15, -0.1) is 0 Å². The van der Waals surface area contributed by atoms with Crippen LogP contribution in [0, 0.1) is 0 Å². The molecule has 0 spiro atoms. The summed E-state index contributed by atoms with van der Waals surface area (Å²) >= 11 is 12.7. The van der Waals surface area contributed by atoms with Gasteiger partial charge in [-0.3, -0.25) is 0 Å². The van der Waals surface area contributed by atoms with Crippen LogP contribution in [-0.2, 0) is 16.5 Å². The maximum Gasteiger partial charge on any atom is 0.142 e. The molecule has 2 rings (SSSR count). The van der Waals surface area contributed by atoms with Crippen LogP contribution in [0.2, 0.25) is 0 Å². The first kappa shape index (κ1) is 16.0. The van der Waals surface area contributed by atoms with E-state index in [9.17, 15) is 0 Å². The van der Waals surface area contributed by atoms with Gasteiger partial charge in [0.2, 0.25) is 0 Å². The van der Waals surface area contributed by atoms with Crippen molar-refractivity contribution in [3.05, 3.63) is 60.7 Å². The van der Waals surface area contributed by atoms with Crippen molar-refractivity contribution in [3.8, 4) is 0 Å². The summed E-state index contributed by atoms with van der Waals surface area (Å²) < 4.78 is -0.766. The van der Waals surface area contributed by atoms with E-state index in [2.05, 4.69) is 24.3 Å². The molecule has 0 atom stereocenters. The Hall–Kier alpha value is -0.0565. The monoisotopic (exact) mass is 340 g/mol. The predicted molar refractivity (Wildman–Crippen MR) is 79.2 cm³/mol. The standard InChI is InChI=1S/C14H13Cl2P.Ni/c1-14(15,16)17(12-8-4-2-5-9-12)13-10-6-3-7-11-13;/h2-11H,1H3;. The minimum absolute atomic E-state index is 0. The molecule has 0 nitrogen and oxygen atoms in total. The molecule has 98 valence electrons. The summed E-state index contributed by atoms with van der Waals surface area (Å²) in [6.45, 7) is 1.86. The fourth-order valence-corrected chi connectivity index (χ4v) is 5.07. The third kappa shape index (κ3) is 3.97. The van der Waals surface area contributed by atoms with Crippen LogP contribution in [0.15, 0.2) is 60.7 Å². The Morgan fingerprint density at radius 2 is 1.11 bits per heavy atom. The molecule has 2 aromatic rings. The molecule has 0 saturated carbocycles. The van der Waals surface area contributed by atoms with Crippen molar-refractivity contribution in [2.75, 3.05) is 0 Å². The van der Waals surface area contributed by atoms with Gasteiger partial charge in [0.15, 0.2) is 0 Å². The van der Waals surface area contributed by atoms with Gasteiger partial charge in [-0.2, -0.15) is 0 Å². The van der Waals surface area contributed by atoms with Gasteiger partial charge in [0.1, 0.15) is 4.07 Å². The largest absolute Gasteiger partial charge is 0.142 e. The zero-order valence-electron chi connectivity index (χ0n) is 9.79. The minimum atomic E-state index is -0.766. The average Bonchev–Trinajstić information content (AvgIpc) is 2.30. The van der Waals surface area contributed by atoms with Crippen LogP contribution in [0.4, 0.5) is 0 Å². The van der Waals surface area contributed by atoms with Crippen molar-refractivity contribution in [1.29, 1.82) is 0 Å². The molecule has 0 aliphatic carbocycles. The molecule has 0 aromatic heterocycles. The summed E-state index contributed by atoms with van der Waals surface area (Å²) in [6.07, 6.45) is 0. The van der Waals surface area contributed by atoms with Gasteiger partial charge < -0.3 is 0 Å². The number of hydrogen-bond donors (Lipinski definition) is 0. The van der Waals surface area contributed by atoms with Crippen molar-refractivity contribution in [3.63, 3.8) is 0 Å². The molecule has 0 aliphatic rings. The molecule has 4 heteroatoms. The van der Waals surface area contributed by atoms with Crippen molar-refractivity contribution >= 4 is 41.7 Å². The predicted octanol–water partition coefficient (Wildman–Crippen LogP) is 4.27. The van der Waals surface area contributed by atoms with E-state index in [1.807, 2.05) is 43.3 Å². The van der Waals surface area contributed by atoms with Crippen LogP contribution >= 0.6 is 31.1 Å². The fourth-order valence-electron chi connectivity index (χ4n) is 1.76. The fraction of sp³-hybridized carbons (Fsp3) is 0.143. The van der Waals surface area contributed by atoms with Gasteiger partial charge in [0.25, 0.3) is 0 Å². The van der Waals surface area contributed by atoms with E-state index in [4.69, 9.17) is 23.2 Å². The zero-order chi connectivity index (χ0) is 12.3. The van der Waals surface area contributed by atoms with Crippen LogP contribution in [0.25, 0.3) is 0 Å². The molecule has 0 aliphatic heterocycles. The Morgan fingerprint density at radius 1 is 0.778 bits per heavy atom. The van der Waals surface area contributed by atoms with E-state index in [1.54, 1.807) is 0 Å². The summed E-state index contributed by atoms with van der Waals surface area (Å²) in [7, 11) is -0.761. The molecule has 0 heterocycles. The molecule has 0 amide bonds. The van der Waals surface area contributed by atoms with Gasteiger partial charge in [0.05, 0.1) is 0 Å². The van der Waals surface area contributed by atoms with E-state index in [0.717, 1.165) is 0 Å². The quantitative estimate of drug-likeness (QED) is 0.444. The number of halogens is 2. The smallest absolute Gasteiger partial charge is 0.0961 e. The van der Waals surface area contributed by atoms with Crippen molar-refractivity contribution in [2.45, 2.75) is 11.0 Å². The maximum atomic E-state index is 6.36. The second-order valence-corrected chi connectivity index (χ2v) is 8.68. The third-order valence-electron chi connectivity index (χ3n) is 2.42. The van der Waals surface area contributed by atoms with E-state index in [-0.39, 0.29) is 16.5 Å². The molecule has 0 radical (unpaired) electrons. The van der Waals surface area contributed by atoms with Crippen molar-refractivity contribution in [1.82, 2.24) is 0 Å². The topological polar surface area (TPSA) is 0 Å². The molecule has 18 heavy (non-hydrogen) atoms. The first-order valence-corrected chi connectivity index (χ1v) is 7.47. The first-order valence-electron chi connectivity index (χ1n) is 5.37. The molecule has 2 aromatic carbocycles. The SMILES string of the molecule is CC(Cl)(Cl)P(c1ccccc1)c1ccccc1.[Ni]. The van der Waals surface area contributed by atoms with Crippen LogP contribution in [0.3, 0.4) is 0 Å². The van der Waals surface area contributed by atoms with E-state index in [1.165, 1.54) is 10.6 Å². The summed E-state index contributed by atoms with van der Waals surface area (Å²) in [4.78, 5) is 0. The van der Waals surface area contributed by atoms with Crippen molar-refractivity contribution in [2.24, 2.45) is 0 Å². The Morgan fingerprint density at radius 3 is 1.39 bits per heavy atom. The molecule has 0 N–H and O–H groups in total. The Bertz CT molecular complexity index is 429. The Labute approximate surface area is 129 Å². The zero-order valence-corrected chi connectivity index (χ0v) is 13.2. The molecule has 0 bridgehead atoms. The summed E-state index contributed by atoms with van der Waals surface area (Å²) in [5.41, 5.74) is 0. The summed E-state index contributed by atoms with van der Waals surface area (Å²) in [6, 6.07) is 20.4. The number of alkyl halides is 2. The van der Waals surface area contributed by atoms with Gasteiger partial charge in [-0.05, 0) is 25.5 Å². The van der Waals surface area contributed by atoms with Gasteiger partial charge in [0, 0.05) is 16.5 Å². The molecular formula is C14H13Cl2NiP. The second kappa shape index (κ2) is 6.92. The molecular weight excluding hydrogens is 329 g/mol. The minimum Gasteiger partial charge on any atom is -0.0961 e. The van der Waals surface area contributed by atoms with Gasteiger partial charge >= 0.3 is 0 Å². The normalized spacial score (nSPS) is 11.1. The number of rotatable bonds is 3. The summed E-state index contributed by atoms with van der Waals surface area (Å²) in [5, 5.41) is 2.39. The van der Waals surface area contributed by atoms with E-state index < -0.39 is 12.0 Å². The van der Waals surface area contributed by atoms with Crippen LogP contribution in [-0.4, -0.2) is 4.07 Å². The summed E-state index contributed by atoms with van der Waals surface area (Å²) in [5.74, 6) is 0. The second-order valence-electron chi connectivity index (χ2n) is 3.85. The van der Waals surface area contributed by atoms with Crippen LogP contribution < -0.4 is 10.6 Å².